The average molecular weight is 245 g/mol. The number of carbonyl (C=O) groups is 2. The fourth-order valence-electron chi connectivity index (χ4n) is 1.04. The molecule has 0 aliphatic carbocycles. The summed E-state index contributed by atoms with van der Waals surface area (Å²) in [4.78, 5) is 22.1. The third-order valence-corrected chi connectivity index (χ3v) is 2.44. The number of carboxylic acid groups (broad SMARTS) is 1. The van der Waals surface area contributed by atoms with E-state index in [9.17, 15) is 9.59 Å². The highest BCUT2D eigenvalue weighted by molar-refractivity contribution is 5.81. The lowest BCUT2D eigenvalue weighted by molar-refractivity contribution is -0.141. The minimum absolute atomic E-state index is 0.131. The molecular formula is C12H23NO4. The molecule has 0 saturated carbocycles. The Morgan fingerprint density at radius 1 is 1.24 bits per heavy atom. The third kappa shape index (κ3) is 7.74. The van der Waals surface area contributed by atoms with Crippen molar-refractivity contribution in [2.75, 3.05) is 13.2 Å². The standard InChI is InChI=1S/C12H23NO4/c1-8(2)5-6-17-10(4)11(14)13-7-9(3)12(15)16/h8-10H,5-7H2,1-4H3,(H,13,14)(H,15,16). The fraction of sp³-hybridized carbons (Fsp3) is 0.833. The molecule has 0 radical (unpaired) electrons. The van der Waals surface area contributed by atoms with Gasteiger partial charge in [-0.2, -0.15) is 0 Å². The van der Waals surface area contributed by atoms with Crippen LogP contribution in [0.15, 0.2) is 0 Å². The fourth-order valence-corrected chi connectivity index (χ4v) is 1.04. The van der Waals surface area contributed by atoms with Crippen LogP contribution in [-0.2, 0) is 14.3 Å². The summed E-state index contributed by atoms with van der Waals surface area (Å²) < 4.78 is 5.35. The lowest BCUT2D eigenvalue weighted by Crippen LogP contribution is -2.38. The van der Waals surface area contributed by atoms with Gasteiger partial charge in [-0.05, 0) is 19.3 Å². The average Bonchev–Trinajstić information content (AvgIpc) is 2.24. The molecule has 0 aromatic carbocycles. The number of carboxylic acids is 1. The molecule has 17 heavy (non-hydrogen) atoms. The van der Waals surface area contributed by atoms with Crippen molar-refractivity contribution in [2.24, 2.45) is 11.8 Å². The number of nitrogens with one attached hydrogen (secondary N) is 1. The maximum Gasteiger partial charge on any atom is 0.308 e. The Labute approximate surface area is 103 Å². The van der Waals surface area contributed by atoms with E-state index in [1.165, 1.54) is 0 Å². The number of ether oxygens (including phenoxy) is 1. The zero-order valence-corrected chi connectivity index (χ0v) is 11.0. The van der Waals surface area contributed by atoms with Gasteiger partial charge in [0.25, 0.3) is 0 Å². The van der Waals surface area contributed by atoms with Crippen molar-refractivity contribution in [1.29, 1.82) is 0 Å². The van der Waals surface area contributed by atoms with E-state index in [1.54, 1.807) is 13.8 Å². The van der Waals surface area contributed by atoms with E-state index in [-0.39, 0.29) is 12.5 Å². The first kappa shape index (κ1) is 15.9. The van der Waals surface area contributed by atoms with E-state index in [1.807, 2.05) is 0 Å². The van der Waals surface area contributed by atoms with Crippen LogP contribution in [0.1, 0.15) is 34.1 Å². The van der Waals surface area contributed by atoms with E-state index in [0.29, 0.717) is 12.5 Å². The number of rotatable bonds is 8. The van der Waals surface area contributed by atoms with Crippen molar-refractivity contribution in [2.45, 2.75) is 40.2 Å². The highest BCUT2D eigenvalue weighted by Crippen LogP contribution is 2.01. The van der Waals surface area contributed by atoms with Gasteiger partial charge in [0.05, 0.1) is 5.92 Å². The van der Waals surface area contributed by atoms with Gasteiger partial charge in [0.1, 0.15) is 6.10 Å². The van der Waals surface area contributed by atoms with E-state index < -0.39 is 18.0 Å². The predicted molar refractivity (Wildman–Crippen MR) is 64.7 cm³/mol. The Kier molecular flexibility index (Phi) is 7.54. The second-order valence-corrected chi connectivity index (χ2v) is 4.68. The Balaban J connectivity index is 3.78. The van der Waals surface area contributed by atoms with Crippen molar-refractivity contribution in [3.05, 3.63) is 0 Å². The highest BCUT2D eigenvalue weighted by Gasteiger charge is 2.16. The van der Waals surface area contributed by atoms with Crippen molar-refractivity contribution in [1.82, 2.24) is 5.32 Å². The topological polar surface area (TPSA) is 75.6 Å². The summed E-state index contributed by atoms with van der Waals surface area (Å²) in [6.07, 6.45) is 0.373. The lowest BCUT2D eigenvalue weighted by Gasteiger charge is -2.15. The summed E-state index contributed by atoms with van der Waals surface area (Å²) >= 11 is 0. The monoisotopic (exact) mass is 245 g/mol. The third-order valence-electron chi connectivity index (χ3n) is 2.44. The Hall–Kier alpha value is -1.10. The molecule has 2 unspecified atom stereocenters. The number of amides is 1. The highest BCUT2D eigenvalue weighted by atomic mass is 16.5. The maximum atomic E-state index is 11.5. The van der Waals surface area contributed by atoms with Crippen LogP contribution >= 0.6 is 0 Å². The van der Waals surface area contributed by atoms with Crippen LogP contribution in [0.4, 0.5) is 0 Å². The molecule has 0 bridgehead atoms. The van der Waals surface area contributed by atoms with Gasteiger partial charge < -0.3 is 15.2 Å². The first-order valence-corrected chi connectivity index (χ1v) is 5.96. The molecule has 5 nitrogen and oxygen atoms in total. The smallest absolute Gasteiger partial charge is 0.308 e. The van der Waals surface area contributed by atoms with E-state index in [4.69, 9.17) is 9.84 Å². The number of carbonyl (C=O) groups excluding carboxylic acids is 1. The molecule has 2 N–H and O–H groups in total. The van der Waals surface area contributed by atoms with Crippen molar-refractivity contribution in [3.8, 4) is 0 Å². The lowest BCUT2D eigenvalue weighted by atomic mass is 10.1. The van der Waals surface area contributed by atoms with Crippen LogP contribution in [-0.4, -0.2) is 36.2 Å². The van der Waals surface area contributed by atoms with E-state index >= 15 is 0 Å². The number of hydrogen-bond acceptors (Lipinski definition) is 3. The first-order valence-electron chi connectivity index (χ1n) is 5.96. The van der Waals surface area contributed by atoms with Crippen molar-refractivity contribution < 1.29 is 19.4 Å². The molecule has 0 aromatic rings. The maximum absolute atomic E-state index is 11.5. The number of aliphatic carboxylic acids is 1. The molecule has 0 spiro atoms. The van der Waals surface area contributed by atoms with Crippen LogP contribution in [0.5, 0.6) is 0 Å². The van der Waals surface area contributed by atoms with Gasteiger partial charge >= 0.3 is 5.97 Å². The predicted octanol–water partition coefficient (Wildman–Crippen LogP) is 1.27. The van der Waals surface area contributed by atoms with Gasteiger partial charge in [0.2, 0.25) is 5.91 Å². The SMILES string of the molecule is CC(C)CCOC(C)C(=O)NCC(C)C(=O)O. The summed E-state index contributed by atoms with van der Waals surface area (Å²) in [6.45, 7) is 8.06. The van der Waals surface area contributed by atoms with Crippen LogP contribution in [0, 0.1) is 11.8 Å². The molecule has 0 aliphatic heterocycles. The Bertz CT molecular complexity index is 253. The summed E-state index contributed by atoms with van der Waals surface area (Å²) in [5.41, 5.74) is 0. The Morgan fingerprint density at radius 2 is 1.82 bits per heavy atom. The Morgan fingerprint density at radius 3 is 2.29 bits per heavy atom. The minimum atomic E-state index is -0.918. The molecule has 0 aliphatic rings. The van der Waals surface area contributed by atoms with Crippen molar-refractivity contribution in [3.63, 3.8) is 0 Å². The second-order valence-electron chi connectivity index (χ2n) is 4.68. The van der Waals surface area contributed by atoms with Crippen LogP contribution in [0.25, 0.3) is 0 Å². The zero-order chi connectivity index (χ0) is 13.4. The van der Waals surface area contributed by atoms with Gasteiger partial charge in [-0.25, -0.2) is 0 Å². The summed E-state index contributed by atoms with van der Waals surface area (Å²) in [7, 11) is 0. The molecule has 5 heteroatoms. The largest absolute Gasteiger partial charge is 0.481 e. The molecule has 100 valence electrons. The summed E-state index contributed by atoms with van der Waals surface area (Å²) in [5.74, 6) is -1.22. The molecule has 0 rings (SSSR count). The summed E-state index contributed by atoms with van der Waals surface area (Å²) in [6, 6.07) is 0. The van der Waals surface area contributed by atoms with Crippen LogP contribution < -0.4 is 5.32 Å². The normalized spacial score (nSPS) is 14.4. The molecule has 1 amide bonds. The van der Waals surface area contributed by atoms with Gasteiger partial charge in [-0.3, -0.25) is 9.59 Å². The molecular weight excluding hydrogens is 222 g/mol. The molecule has 0 saturated heterocycles. The summed E-state index contributed by atoms with van der Waals surface area (Å²) in [5, 5.41) is 11.2. The van der Waals surface area contributed by atoms with Crippen LogP contribution in [0.2, 0.25) is 0 Å². The zero-order valence-electron chi connectivity index (χ0n) is 11.0. The minimum Gasteiger partial charge on any atom is -0.481 e. The first-order chi connectivity index (χ1) is 7.84. The quantitative estimate of drug-likeness (QED) is 0.675. The molecule has 0 heterocycles. The molecule has 0 aromatic heterocycles. The second kappa shape index (κ2) is 8.06. The van der Waals surface area contributed by atoms with Crippen LogP contribution in [0.3, 0.4) is 0 Å². The van der Waals surface area contributed by atoms with Gasteiger partial charge in [-0.1, -0.05) is 20.8 Å². The van der Waals surface area contributed by atoms with Gasteiger partial charge in [0, 0.05) is 13.2 Å². The molecule has 2 atom stereocenters. The van der Waals surface area contributed by atoms with Crippen molar-refractivity contribution >= 4 is 11.9 Å². The van der Waals surface area contributed by atoms with Gasteiger partial charge in [-0.15, -0.1) is 0 Å². The number of hydrogen-bond donors (Lipinski definition) is 2. The van der Waals surface area contributed by atoms with E-state index in [0.717, 1.165) is 6.42 Å². The van der Waals surface area contributed by atoms with Gasteiger partial charge in [0.15, 0.2) is 0 Å². The van der Waals surface area contributed by atoms with E-state index in [2.05, 4.69) is 19.2 Å². The molecule has 0 fully saturated rings.